The first-order chi connectivity index (χ1) is 12.0. The van der Waals surface area contributed by atoms with Crippen molar-refractivity contribution in [3.05, 3.63) is 44.1 Å². The number of piperazine rings is 1. The molecular weight excluding hydrogens is 397 g/mol. The summed E-state index contributed by atoms with van der Waals surface area (Å²) in [5.74, 6) is 0.0553. The predicted molar refractivity (Wildman–Crippen MR) is 107 cm³/mol. The van der Waals surface area contributed by atoms with Gasteiger partial charge in [0.15, 0.2) is 5.13 Å². The summed E-state index contributed by atoms with van der Waals surface area (Å²) in [6, 6.07) is 7.48. The Morgan fingerprint density at radius 3 is 2.48 bits per heavy atom. The van der Waals surface area contributed by atoms with E-state index in [1.165, 1.54) is 11.3 Å². The number of hydrogen-bond donors (Lipinski definition) is 0. The Labute approximate surface area is 163 Å². The van der Waals surface area contributed by atoms with Gasteiger partial charge in [0.05, 0.1) is 24.5 Å². The molecule has 1 aromatic carbocycles. The van der Waals surface area contributed by atoms with Gasteiger partial charge in [0.1, 0.15) is 0 Å². The van der Waals surface area contributed by atoms with Gasteiger partial charge >= 0.3 is 0 Å². The van der Waals surface area contributed by atoms with Gasteiger partial charge < -0.3 is 9.80 Å². The van der Waals surface area contributed by atoms with Crippen LogP contribution in [0, 0.1) is 6.92 Å². The number of hydrogen-bond acceptors (Lipinski definition) is 5. The van der Waals surface area contributed by atoms with Crippen LogP contribution in [0.4, 0.5) is 5.13 Å². The maximum atomic E-state index is 12.5. The molecule has 8 heteroatoms. The first kappa shape index (κ1) is 17.1. The maximum Gasteiger partial charge on any atom is 0.264 e. The standard InChI is InChI=1S/C17H15Cl2N3OS2/c1-10-2-3-11(18)15-14(10)20-17(25-15)22-8-6-21(7-9-22)16(23)12-4-5-13(19)24-12/h2-5H,6-9H2,1H3. The van der Waals surface area contributed by atoms with Crippen molar-refractivity contribution in [2.75, 3.05) is 31.1 Å². The Bertz CT molecular complexity index is 906. The molecule has 1 fully saturated rings. The van der Waals surface area contributed by atoms with Crippen molar-refractivity contribution in [3.63, 3.8) is 0 Å². The quantitative estimate of drug-likeness (QED) is 0.599. The van der Waals surface area contributed by atoms with Crippen LogP contribution in [0.2, 0.25) is 9.36 Å². The van der Waals surface area contributed by atoms with Gasteiger partial charge in [0.25, 0.3) is 5.91 Å². The van der Waals surface area contributed by atoms with Gasteiger partial charge in [-0.15, -0.1) is 11.3 Å². The van der Waals surface area contributed by atoms with Crippen molar-refractivity contribution in [2.45, 2.75) is 6.92 Å². The number of aryl methyl sites for hydroxylation is 1. The Morgan fingerprint density at radius 1 is 1.08 bits per heavy atom. The second kappa shape index (κ2) is 6.76. The molecule has 25 heavy (non-hydrogen) atoms. The number of thiazole rings is 1. The van der Waals surface area contributed by atoms with Gasteiger partial charge in [-0.3, -0.25) is 4.79 Å². The summed E-state index contributed by atoms with van der Waals surface area (Å²) in [4.78, 5) is 22.1. The molecule has 0 atom stereocenters. The van der Waals surface area contributed by atoms with Crippen LogP contribution in [-0.2, 0) is 0 Å². The van der Waals surface area contributed by atoms with Gasteiger partial charge in [-0.2, -0.15) is 0 Å². The smallest absolute Gasteiger partial charge is 0.264 e. The van der Waals surface area contributed by atoms with Crippen molar-refractivity contribution >= 4 is 67.1 Å². The molecule has 1 aliphatic rings. The number of amides is 1. The lowest BCUT2D eigenvalue weighted by atomic mass is 10.2. The number of rotatable bonds is 2. The summed E-state index contributed by atoms with van der Waals surface area (Å²) >= 11 is 15.2. The third-order valence-electron chi connectivity index (χ3n) is 4.31. The first-order valence-corrected chi connectivity index (χ1v) is 10.3. The Kier molecular flexibility index (Phi) is 4.62. The Balaban J connectivity index is 1.49. The summed E-state index contributed by atoms with van der Waals surface area (Å²) in [6.45, 7) is 4.93. The van der Waals surface area contributed by atoms with E-state index < -0.39 is 0 Å². The zero-order valence-electron chi connectivity index (χ0n) is 13.5. The van der Waals surface area contributed by atoms with Crippen molar-refractivity contribution in [2.24, 2.45) is 0 Å². The van der Waals surface area contributed by atoms with Gasteiger partial charge in [0, 0.05) is 26.2 Å². The molecule has 0 bridgehead atoms. The zero-order valence-corrected chi connectivity index (χ0v) is 16.6. The number of aromatic nitrogens is 1. The highest BCUT2D eigenvalue weighted by Crippen LogP contribution is 2.36. The minimum absolute atomic E-state index is 0.0553. The molecular formula is C17H15Cl2N3OS2. The number of benzene rings is 1. The molecule has 0 saturated carbocycles. The van der Waals surface area contributed by atoms with E-state index in [0.29, 0.717) is 22.3 Å². The van der Waals surface area contributed by atoms with Crippen molar-refractivity contribution in [3.8, 4) is 0 Å². The average molecular weight is 412 g/mol. The van der Waals surface area contributed by atoms with Crippen LogP contribution in [0.15, 0.2) is 24.3 Å². The highest BCUT2D eigenvalue weighted by atomic mass is 35.5. The molecule has 0 unspecified atom stereocenters. The van der Waals surface area contributed by atoms with E-state index in [0.717, 1.165) is 39.0 Å². The molecule has 0 aliphatic carbocycles. The van der Waals surface area contributed by atoms with E-state index in [-0.39, 0.29) is 5.91 Å². The number of halogens is 2. The van der Waals surface area contributed by atoms with E-state index in [9.17, 15) is 4.79 Å². The monoisotopic (exact) mass is 411 g/mol. The third-order valence-corrected chi connectivity index (χ3v) is 7.10. The van der Waals surface area contributed by atoms with E-state index in [4.69, 9.17) is 28.2 Å². The highest BCUT2D eigenvalue weighted by molar-refractivity contribution is 7.22. The molecule has 1 saturated heterocycles. The lowest BCUT2D eigenvalue weighted by Crippen LogP contribution is -2.48. The molecule has 3 heterocycles. The van der Waals surface area contributed by atoms with Crippen molar-refractivity contribution in [1.29, 1.82) is 0 Å². The summed E-state index contributed by atoms with van der Waals surface area (Å²) < 4.78 is 1.67. The molecule has 130 valence electrons. The van der Waals surface area contributed by atoms with Crippen LogP contribution in [0.3, 0.4) is 0 Å². The molecule has 1 amide bonds. The van der Waals surface area contributed by atoms with Gasteiger partial charge in [-0.25, -0.2) is 4.98 Å². The van der Waals surface area contributed by atoms with Crippen LogP contribution < -0.4 is 4.90 Å². The fraction of sp³-hybridized carbons (Fsp3) is 0.294. The highest BCUT2D eigenvalue weighted by Gasteiger charge is 2.25. The largest absolute Gasteiger partial charge is 0.345 e. The molecule has 0 spiro atoms. The van der Waals surface area contributed by atoms with Gasteiger partial charge in [0.2, 0.25) is 0 Å². The van der Waals surface area contributed by atoms with E-state index in [1.54, 1.807) is 23.5 Å². The van der Waals surface area contributed by atoms with E-state index in [1.807, 2.05) is 24.0 Å². The second-order valence-corrected chi connectivity index (χ2v) is 9.02. The number of fused-ring (bicyclic) bond motifs is 1. The normalized spacial score (nSPS) is 15.2. The van der Waals surface area contributed by atoms with Crippen LogP contribution >= 0.6 is 45.9 Å². The minimum atomic E-state index is 0.0553. The van der Waals surface area contributed by atoms with E-state index in [2.05, 4.69) is 4.90 Å². The summed E-state index contributed by atoms with van der Waals surface area (Å²) in [7, 11) is 0. The van der Waals surface area contributed by atoms with E-state index >= 15 is 0 Å². The summed E-state index contributed by atoms with van der Waals surface area (Å²) in [6.07, 6.45) is 0. The number of anilines is 1. The fourth-order valence-corrected chi connectivity index (χ4v) is 5.29. The van der Waals surface area contributed by atoms with Crippen molar-refractivity contribution < 1.29 is 4.79 Å². The number of carbonyl (C=O) groups is 1. The Morgan fingerprint density at radius 2 is 1.84 bits per heavy atom. The van der Waals surface area contributed by atoms with Crippen LogP contribution in [0.1, 0.15) is 15.2 Å². The van der Waals surface area contributed by atoms with Gasteiger partial charge in [-0.05, 0) is 30.7 Å². The predicted octanol–water partition coefficient (Wildman–Crippen LogP) is 4.94. The van der Waals surface area contributed by atoms with Gasteiger partial charge in [-0.1, -0.05) is 40.6 Å². The third kappa shape index (κ3) is 3.24. The molecule has 2 aromatic heterocycles. The molecule has 3 aromatic rings. The lowest BCUT2D eigenvalue weighted by Gasteiger charge is -2.34. The first-order valence-electron chi connectivity index (χ1n) is 7.88. The maximum absolute atomic E-state index is 12.5. The average Bonchev–Trinajstić information content (AvgIpc) is 3.25. The molecule has 4 rings (SSSR count). The van der Waals surface area contributed by atoms with Crippen LogP contribution in [0.5, 0.6) is 0 Å². The lowest BCUT2D eigenvalue weighted by molar-refractivity contribution is 0.0751. The number of carbonyl (C=O) groups excluding carboxylic acids is 1. The number of nitrogens with zero attached hydrogens (tertiary/aromatic N) is 3. The van der Waals surface area contributed by atoms with Crippen LogP contribution in [-0.4, -0.2) is 42.0 Å². The SMILES string of the molecule is Cc1ccc(Cl)c2sc(N3CCN(C(=O)c4ccc(Cl)s4)CC3)nc12. The molecule has 4 nitrogen and oxygen atoms in total. The molecule has 1 aliphatic heterocycles. The summed E-state index contributed by atoms with van der Waals surface area (Å²) in [5.41, 5.74) is 2.10. The molecule has 0 radical (unpaired) electrons. The van der Waals surface area contributed by atoms with Crippen molar-refractivity contribution in [1.82, 2.24) is 9.88 Å². The summed E-state index contributed by atoms with van der Waals surface area (Å²) in [5, 5.41) is 1.71. The zero-order chi connectivity index (χ0) is 17.6. The topological polar surface area (TPSA) is 36.4 Å². The molecule has 0 N–H and O–H groups in total. The van der Waals surface area contributed by atoms with Crippen LogP contribution in [0.25, 0.3) is 10.2 Å². The Hall–Kier alpha value is -1.34. The second-order valence-electron chi connectivity index (χ2n) is 5.92. The minimum Gasteiger partial charge on any atom is -0.345 e. The number of thiophene rings is 1. The fourth-order valence-electron chi connectivity index (χ4n) is 2.91.